The van der Waals surface area contributed by atoms with Crippen LogP contribution in [0.2, 0.25) is 0 Å². The highest BCUT2D eigenvalue weighted by atomic mass is 33.1. The van der Waals surface area contributed by atoms with Crippen molar-refractivity contribution >= 4 is 21.6 Å². The molecule has 2 nitrogen and oxygen atoms in total. The maximum absolute atomic E-state index is 9.05. The van der Waals surface area contributed by atoms with Gasteiger partial charge in [-0.15, -0.1) is 0 Å². The molecule has 4 heteroatoms. The van der Waals surface area contributed by atoms with E-state index in [1.54, 1.807) is 10.8 Å². The zero-order valence-electron chi connectivity index (χ0n) is 5.33. The maximum atomic E-state index is 9.05. The molecule has 0 aromatic rings. The fraction of sp³-hybridized carbons (Fsp3) is 1.00. The van der Waals surface area contributed by atoms with E-state index in [-0.39, 0.29) is 11.6 Å². The molecule has 0 aromatic carbocycles. The second-order valence-electron chi connectivity index (χ2n) is 2.08. The van der Waals surface area contributed by atoms with E-state index in [4.69, 9.17) is 5.11 Å². The van der Waals surface area contributed by atoms with Crippen LogP contribution in [0.1, 0.15) is 13.3 Å². The van der Waals surface area contributed by atoms with Crippen LogP contribution in [-0.4, -0.2) is 27.7 Å². The Balaban J connectivity index is 0.000000640. The summed E-state index contributed by atoms with van der Waals surface area (Å²) in [6, 6.07) is 0. The molecule has 0 amide bonds. The van der Waals surface area contributed by atoms with E-state index >= 15 is 0 Å². The van der Waals surface area contributed by atoms with E-state index in [2.05, 4.69) is 6.92 Å². The Bertz CT molecular complexity index is 71.4. The molecule has 1 aliphatic heterocycles. The van der Waals surface area contributed by atoms with Crippen LogP contribution in [0, 0.1) is 0 Å². The molecule has 1 saturated heterocycles. The molecule has 9 heavy (non-hydrogen) atoms. The van der Waals surface area contributed by atoms with E-state index in [1.165, 1.54) is 0 Å². The van der Waals surface area contributed by atoms with Crippen molar-refractivity contribution in [3.63, 3.8) is 0 Å². The molecule has 2 unspecified atom stereocenters. The molecule has 0 aromatic heterocycles. The summed E-state index contributed by atoms with van der Waals surface area (Å²) in [5.41, 5.74) is 0. The van der Waals surface area contributed by atoms with Crippen LogP contribution in [0.3, 0.4) is 0 Å². The quantitative estimate of drug-likeness (QED) is 0.542. The second kappa shape index (κ2) is 4.44. The van der Waals surface area contributed by atoms with Gasteiger partial charge in [-0.25, -0.2) is 0 Å². The molecule has 1 rings (SSSR count). The van der Waals surface area contributed by atoms with Crippen molar-refractivity contribution in [1.29, 1.82) is 0 Å². The molecule has 0 radical (unpaired) electrons. The summed E-state index contributed by atoms with van der Waals surface area (Å²) >= 11 is 0. The summed E-state index contributed by atoms with van der Waals surface area (Å²) in [5.74, 6) is 0.912. The SMILES string of the molecule is CC1CC(O)CSS1.O. The molecule has 0 bridgehead atoms. The largest absolute Gasteiger partial charge is 0.412 e. The van der Waals surface area contributed by atoms with Gasteiger partial charge in [-0.2, -0.15) is 0 Å². The van der Waals surface area contributed by atoms with Crippen molar-refractivity contribution < 1.29 is 10.6 Å². The van der Waals surface area contributed by atoms with Crippen molar-refractivity contribution in [3.8, 4) is 0 Å². The molecule has 1 heterocycles. The average Bonchev–Trinajstić information content (AvgIpc) is 1.64. The topological polar surface area (TPSA) is 51.7 Å². The van der Waals surface area contributed by atoms with Gasteiger partial charge in [-0.05, 0) is 6.42 Å². The molecular weight excluding hydrogens is 156 g/mol. The lowest BCUT2D eigenvalue weighted by Crippen LogP contribution is -2.18. The third kappa shape index (κ3) is 3.35. The van der Waals surface area contributed by atoms with Crippen molar-refractivity contribution in [2.45, 2.75) is 24.7 Å². The van der Waals surface area contributed by atoms with E-state index < -0.39 is 0 Å². The van der Waals surface area contributed by atoms with Crippen molar-refractivity contribution in [3.05, 3.63) is 0 Å². The van der Waals surface area contributed by atoms with E-state index in [9.17, 15) is 0 Å². The van der Waals surface area contributed by atoms with Crippen molar-refractivity contribution in [2.75, 3.05) is 5.75 Å². The fourth-order valence-corrected chi connectivity index (χ4v) is 3.27. The van der Waals surface area contributed by atoms with Crippen LogP contribution in [0.25, 0.3) is 0 Å². The predicted molar refractivity (Wildman–Crippen MR) is 43.7 cm³/mol. The average molecular weight is 168 g/mol. The zero-order chi connectivity index (χ0) is 5.98. The summed E-state index contributed by atoms with van der Waals surface area (Å²) in [4.78, 5) is 0. The van der Waals surface area contributed by atoms with E-state index in [0.717, 1.165) is 12.2 Å². The third-order valence-electron chi connectivity index (χ3n) is 1.10. The Hall–Kier alpha value is 0.620. The minimum atomic E-state index is -0.0451. The Morgan fingerprint density at radius 1 is 1.56 bits per heavy atom. The van der Waals surface area contributed by atoms with Gasteiger partial charge in [0.05, 0.1) is 6.10 Å². The van der Waals surface area contributed by atoms with Gasteiger partial charge in [0, 0.05) is 11.0 Å². The highest BCUT2D eigenvalue weighted by Crippen LogP contribution is 2.35. The molecule has 0 saturated carbocycles. The highest BCUT2D eigenvalue weighted by molar-refractivity contribution is 8.77. The Morgan fingerprint density at radius 2 is 2.22 bits per heavy atom. The first-order valence-electron chi connectivity index (χ1n) is 2.75. The molecule has 1 aliphatic rings. The van der Waals surface area contributed by atoms with Gasteiger partial charge in [0.25, 0.3) is 0 Å². The lowest BCUT2D eigenvalue weighted by atomic mass is 10.2. The second-order valence-corrected chi connectivity index (χ2v) is 4.93. The summed E-state index contributed by atoms with van der Waals surface area (Å²) < 4.78 is 0. The number of aliphatic hydroxyl groups excluding tert-OH is 1. The van der Waals surface area contributed by atoms with Crippen LogP contribution in [0.15, 0.2) is 0 Å². The van der Waals surface area contributed by atoms with Gasteiger partial charge in [0.15, 0.2) is 0 Å². The van der Waals surface area contributed by atoms with Crippen LogP contribution >= 0.6 is 21.6 Å². The first kappa shape index (κ1) is 9.62. The van der Waals surface area contributed by atoms with Gasteiger partial charge in [0.1, 0.15) is 0 Å². The normalized spacial score (nSPS) is 35.3. The predicted octanol–water partition coefficient (Wildman–Crippen LogP) is 0.696. The zero-order valence-corrected chi connectivity index (χ0v) is 6.97. The van der Waals surface area contributed by atoms with E-state index in [1.807, 2.05) is 10.8 Å². The molecule has 3 N–H and O–H groups in total. The number of hydrogen-bond acceptors (Lipinski definition) is 3. The minimum absolute atomic E-state index is 0. The molecule has 2 atom stereocenters. The van der Waals surface area contributed by atoms with Gasteiger partial charge in [-0.3, -0.25) is 0 Å². The number of aliphatic hydroxyl groups is 1. The molecule has 0 aliphatic carbocycles. The van der Waals surface area contributed by atoms with Crippen LogP contribution in [-0.2, 0) is 0 Å². The van der Waals surface area contributed by atoms with Crippen LogP contribution in [0.4, 0.5) is 0 Å². The summed E-state index contributed by atoms with van der Waals surface area (Å²) in [5, 5.41) is 9.69. The monoisotopic (exact) mass is 168 g/mol. The van der Waals surface area contributed by atoms with Crippen molar-refractivity contribution in [2.24, 2.45) is 0 Å². The number of hydrogen-bond donors (Lipinski definition) is 1. The first-order valence-corrected chi connectivity index (χ1v) is 5.13. The Kier molecular flexibility index (Phi) is 4.74. The molecule has 1 fully saturated rings. The molecule has 56 valence electrons. The van der Waals surface area contributed by atoms with Gasteiger partial charge < -0.3 is 10.6 Å². The first-order chi connectivity index (χ1) is 3.79. The van der Waals surface area contributed by atoms with Gasteiger partial charge in [0.2, 0.25) is 0 Å². The number of rotatable bonds is 0. The summed E-state index contributed by atoms with van der Waals surface area (Å²) in [6.07, 6.45) is 0.925. The third-order valence-corrected chi connectivity index (χ3v) is 4.08. The summed E-state index contributed by atoms with van der Waals surface area (Å²) in [7, 11) is 3.66. The maximum Gasteiger partial charge on any atom is 0.0649 e. The fourth-order valence-electron chi connectivity index (χ4n) is 0.724. The molecule has 0 spiro atoms. The standard InChI is InChI=1S/C5H10OS2.H2O/c1-4-2-5(6)3-7-8-4;/h4-6H,2-3H2,1H3;1H2. The lowest BCUT2D eigenvalue weighted by Gasteiger charge is -2.20. The van der Waals surface area contributed by atoms with Gasteiger partial charge >= 0.3 is 0 Å². The smallest absolute Gasteiger partial charge is 0.0649 e. The minimum Gasteiger partial charge on any atom is -0.412 e. The van der Waals surface area contributed by atoms with Crippen LogP contribution < -0.4 is 0 Å². The summed E-state index contributed by atoms with van der Waals surface area (Å²) in [6.45, 7) is 2.15. The Labute approximate surface area is 63.1 Å². The molecular formula is C5H12O2S2. The lowest BCUT2D eigenvalue weighted by molar-refractivity contribution is 0.189. The van der Waals surface area contributed by atoms with Gasteiger partial charge in [-0.1, -0.05) is 28.5 Å². The van der Waals surface area contributed by atoms with Crippen molar-refractivity contribution in [1.82, 2.24) is 0 Å². The Morgan fingerprint density at radius 3 is 2.56 bits per heavy atom. The van der Waals surface area contributed by atoms with E-state index in [0.29, 0.717) is 5.25 Å². The highest BCUT2D eigenvalue weighted by Gasteiger charge is 2.16. The van der Waals surface area contributed by atoms with Crippen LogP contribution in [0.5, 0.6) is 0 Å².